The minimum absolute atomic E-state index is 0.149. The van der Waals surface area contributed by atoms with E-state index in [9.17, 15) is 9.59 Å². The Hall–Kier alpha value is -2.04. The Kier molecular flexibility index (Phi) is 6.03. The van der Waals surface area contributed by atoms with Crippen LogP contribution in [0.5, 0.6) is 5.75 Å². The van der Waals surface area contributed by atoms with Crippen LogP contribution in [0, 0.1) is 12.8 Å². The number of hydrogen-bond acceptors (Lipinski definition) is 3. The van der Waals surface area contributed by atoms with Crippen LogP contribution in [0.1, 0.15) is 19.4 Å². The highest BCUT2D eigenvalue weighted by Crippen LogP contribution is 2.12. The number of carbonyl (C=O) groups excluding carboxylic acids is 1. The number of ether oxygens (including phenoxy) is 1. The SMILES string of the molecule is Cc1cccc(OCC(=O)N(CC(=O)O)CC(C)C)c1. The largest absolute Gasteiger partial charge is 0.484 e. The fourth-order valence-corrected chi connectivity index (χ4v) is 1.80. The third kappa shape index (κ3) is 5.73. The molecular formula is C15H21NO4. The van der Waals surface area contributed by atoms with E-state index in [0.29, 0.717) is 12.3 Å². The summed E-state index contributed by atoms with van der Waals surface area (Å²) in [7, 11) is 0. The molecule has 5 nitrogen and oxygen atoms in total. The molecule has 0 aliphatic rings. The molecule has 110 valence electrons. The van der Waals surface area contributed by atoms with Crippen LogP contribution in [-0.2, 0) is 9.59 Å². The first-order valence-corrected chi connectivity index (χ1v) is 6.57. The van der Waals surface area contributed by atoms with Crippen molar-refractivity contribution in [2.24, 2.45) is 5.92 Å². The van der Waals surface area contributed by atoms with Crippen LogP contribution in [0.15, 0.2) is 24.3 Å². The van der Waals surface area contributed by atoms with E-state index < -0.39 is 5.97 Å². The smallest absolute Gasteiger partial charge is 0.323 e. The average molecular weight is 279 g/mol. The van der Waals surface area contributed by atoms with Gasteiger partial charge in [-0.1, -0.05) is 26.0 Å². The Bertz CT molecular complexity index is 471. The van der Waals surface area contributed by atoms with E-state index in [1.54, 1.807) is 6.07 Å². The van der Waals surface area contributed by atoms with Gasteiger partial charge in [0.1, 0.15) is 12.3 Å². The van der Waals surface area contributed by atoms with Crippen LogP contribution < -0.4 is 4.74 Å². The fraction of sp³-hybridized carbons (Fsp3) is 0.467. The molecule has 0 atom stereocenters. The average Bonchev–Trinajstić information content (AvgIpc) is 2.34. The Labute approximate surface area is 119 Å². The zero-order valence-electron chi connectivity index (χ0n) is 12.1. The standard InChI is InChI=1S/C15H21NO4/c1-11(2)8-16(9-15(18)19)14(17)10-20-13-6-4-5-12(3)7-13/h4-7,11H,8-10H2,1-3H3,(H,18,19). The number of hydrogen-bond donors (Lipinski definition) is 1. The monoisotopic (exact) mass is 279 g/mol. The molecule has 0 heterocycles. The predicted molar refractivity (Wildman–Crippen MR) is 75.7 cm³/mol. The van der Waals surface area contributed by atoms with E-state index in [-0.39, 0.29) is 25.0 Å². The van der Waals surface area contributed by atoms with Gasteiger partial charge in [0, 0.05) is 6.54 Å². The lowest BCUT2D eigenvalue weighted by Gasteiger charge is -2.22. The molecule has 20 heavy (non-hydrogen) atoms. The minimum Gasteiger partial charge on any atom is -0.484 e. The second-order valence-electron chi connectivity index (χ2n) is 5.17. The maximum absolute atomic E-state index is 12.0. The van der Waals surface area contributed by atoms with Crippen molar-refractivity contribution in [3.05, 3.63) is 29.8 Å². The molecule has 0 bridgehead atoms. The molecule has 0 spiro atoms. The Morgan fingerprint density at radius 1 is 1.35 bits per heavy atom. The first kappa shape index (κ1) is 16.0. The highest BCUT2D eigenvalue weighted by atomic mass is 16.5. The molecule has 1 aromatic rings. The lowest BCUT2D eigenvalue weighted by Crippen LogP contribution is -2.40. The summed E-state index contributed by atoms with van der Waals surface area (Å²) in [6.07, 6.45) is 0. The number of nitrogens with zero attached hydrogens (tertiary/aromatic N) is 1. The van der Waals surface area contributed by atoms with Crippen molar-refractivity contribution in [3.63, 3.8) is 0 Å². The Balaban J connectivity index is 2.59. The van der Waals surface area contributed by atoms with Gasteiger partial charge in [-0.25, -0.2) is 0 Å². The van der Waals surface area contributed by atoms with Crippen molar-refractivity contribution in [2.45, 2.75) is 20.8 Å². The van der Waals surface area contributed by atoms with Gasteiger partial charge in [0.25, 0.3) is 5.91 Å². The molecule has 0 aromatic heterocycles. The molecule has 0 saturated carbocycles. The van der Waals surface area contributed by atoms with Crippen molar-refractivity contribution in [1.29, 1.82) is 0 Å². The van der Waals surface area contributed by atoms with Gasteiger partial charge in [-0.2, -0.15) is 0 Å². The van der Waals surface area contributed by atoms with Gasteiger partial charge in [0.15, 0.2) is 6.61 Å². The first-order valence-electron chi connectivity index (χ1n) is 6.57. The highest BCUT2D eigenvalue weighted by Gasteiger charge is 2.18. The van der Waals surface area contributed by atoms with E-state index in [0.717, 1.165) is 5.56 Å². The number of carbonyl (C=O) groups is 2. The Morgan fingerprint density at radius 2 is 2.05 bits per heavy atom. The Morgan fingerprint density at radius 3 is 2.60 bits per heavy atom. The van der Waals surface area contributed by atoms with E-state index in [2.05, 4.69) is 0 Å². The third-order valence-corrected chi connectivity index (χ3v) is 2.62. The van der Waals surface area contributed by atoms with E-state index in [1.165, 1.54) is 4.90 Å². The van der Waals surface area contributed by atoms with Gasteiger partial charge >= 0.3 is 5.97 Å². The second kappa shape index (κ2) is 7.53. The number of aryl methyl sites for hydroxylation is 1. The van der Waals surface area contributed by atoms with Crippen molar-refractivity contribution in [3.8, 4) is 5.75 Å². The summed E-state index contributed by atoms with van der Waals surface area (Å²) in [5.41, 5.74) is 1.04. The molecule has 1 N–H and O–H groups in total. The molecule has 0 unspecified atom stereocenters. The molecule has 0 fully saturated rings. The quantitative estimate of drug-likeness (QED) is 0.828. The van der Waals surface area contributed by atoms with Crippen LogP contribution >= 0.6 is 0 Å². The van der Waals surface area contributed by atoms with E-state index in [1.807, 2.05) is 39.0 Å². The molecule has 0 saturated heterocycles. The summed E-state index contributed by atoms with van der Waals surface area (Å²) in [6, 6.07) is 7.38. The molecular weight excluding hydrogens is 258 g/mol. The topological polar surface area (TPSA) is 66.8 Å². The van der Waals surface area contributed by atoms with Gasteiger partial charge in [-0.3, -0.25) is 9.59 Å². The number of carboxylic acids is 1. The normalized spacial score (nSPS) is 10.4. The van der Waals surface area contributed by atoms with Gasteiger partial charge in [0.2, 0.25) is 0 Å². The summed E-state index contributed by atoms with van der Waals surface area (Å²) in [6.45, 7) is 5.76. The van der Waals surface area contributed by atoms with Gasteiger partial charge in [0.05, 0.1) is 0 Å². The summed E-state index contributed by atoms with van der Waals surface area (Å²) >= 11 is 0. The van der Waals surface area contributed by atoms with Gasteiger partial charge in [-0.15, -0.1) is 0 Å². The van der Waals surface area contributed by atoms with Crippen LogP contribution in [-0.4, -0.2) is 41.6 Å². The predicted octanol–water partition coefficient (Wildman–Crippen LogP) is 1.94. The first-order chi connectivity index (χ1) is 9.38. The fourth-order valence-electron chi connectivity index (χ4n) is 1.80. The molecule has 1 amide bonds. The molecule has 1 rings (SSSR count). The molecule has 1 aromatic carbocycles. The highest BCUT2D eigenvalue weighted by molar-refractivity contribution is 5.82. The summed E-state index contributed by atoms with van der Waals surface area (Å²) in [5, 5.41) is 8.83. The number of rotatable bonds is 7. The second-order valence-corrected chi connectivity index (χ2v) is 5.17. The number of aliphatic carboxylic acids is 1. The molecule has 0 aliphatic heterocycles. The van der Waals surface area contributed by atoms with Gasteiger partial charge in [-0.05, 0) is 30.5 Å². The van der Waals surface area contributed by atoms with Crippen LogP contribution in [0.4, 0.5) is 0 Å². The van der Waals surface area contributed by atoms with Crippen LogP contribution in [0.2, 0.25) is 0 Å². The summed E-state index contributed by atoms with van der Waals surface area (Å²) in [5.74, 6) is -0.521. The van der Waals surface area contributed by atoms with Crippen molar-refractivity contribution >= 4 is 11.9 Å². The van der Waals surface area contributed by atoms with Crippen LogP contribution in [0.3, 0.4) is 0 Å². The van der Waals surface area contributed by atoms with E-state index >= 15 is 0 Å². The maximum atomic E-state index is 12.0. The van der Waals surface area contributed by atoms with Crippen LogP contribution in [0.25, 0.3) is 0 Å². The number of amides is 1. The van der Waals surface area contributed by atoms with E-state index in [4.69, 9.17) is 9.84 Å². The van der Waals surface area contributed by atoms with Gasteiger partial charge < -0.3 is 14.7 Å². The maximum Gasteiger partial charge on any atom is 0.323 e. The lowest BCUT2D eigenvalue weighted by molar-refractivity contribution is -0.145. The van der Waals surface area contributed by atoms with Crippen molar-refractivity contribution in [1.82, 2.24) is 4.90 Å². The molecule has 0 aliphatic carbocycles. The van der Waals surface area contributed by atoms with Crippen molar-refractivity contribution in [2.75, 3.05) is 19.7 Å². The summed E-state index contributed by atoms with van der Waals surface area (Å²) in [4.78, 5) is 24.1. The summed E-state index contributed by atoms with van der Waals surface area (Å²) < 4.78 is 5.41. The zero-order chi connectivity index (χ0) is 15.1. The minimum atomic E-state index is -1.02. The molecule has 0 radical (unpaired) electrons. The lowest BCUT2D eigenvalue weighted by atomic mass is 10.2. The zero-order valence-corrected chi connectivity index (χ0v) is 12.1. The number of benzene rings is 1. The molecule has 5 heteroatoms. The number of carboxylic acid groups (broad SMARTS) is 1. The van der Waals surface area contributed by atoms with Crippen molar-refractivity contribution < 1.29 is 19.4 Å². The third-order valence-electron chi connectivity index (χ3n) is 2.62.